The van der Waals surface area contributed by atoms with E-state index in [9.17, 15) is 9.59 Å². The summed E-state index contributed by atoms with van der Waals surface area (Å²) in [7, 11) is 0. The van der Waals surface area contributed by atoms with Crippen LogP contribution in [-0.4, -0.2) is 75.3 Å². The number of carbonyl (C=O) groups excluding carboxylic acids is 2. The van der Waals surface area contributed by atoms with Crippen molar-refractivity contribution >= 4 is 23.3 Å². The SMILES string of the molecule is CCOc1ccc(N2CC(NC(=O)NCCN3CCN(c4ccccc4)CC3)CC2=O)cc1. The van der Waals surface area contributed by atoms with Gasteiger partial charge in [0.2, 0.25) is 5.91 Å². The molecule has 8 nitrogen and oxygen atoms in total. The molecule has 2 aromatic rings. The fourth-order valence-electron chi connectivity index (χ4n) is 4.38. The van der Waals surface area contributed by atoms with Gasteiger partial charge in [-0.1, -0.05) is 18.2 Å². The van der Waals surface area contributed by atoms with Crippen molar-refractivity contribution in [2.45, 2.75) is 19.4 Å². The first kappa shape index (κ1) is 22.9. The van der Waals surface area contributed by atoms with E-state index in [4.69, 9.17) is 4.74 Å². The van der Waals surface area contributed by atoms with Gasteiger partial charge in [-0.05, 0) is 43.3 Å². The molecule has 176 valence electrons. The Labute approximate surface area is 195 Å². The zero-order valence-electron chi connectivity index (χ0n) is 19.2. The van der Waals surface area contributed by atoms with Crippen molar-refractivity contribution in [1.82, 2.24) is 15.5 Å². The Bertz CT molecular complexity index is 913. The molecule has 0 bridgehead atoms. The first-order valence-electron chi connectivity index (χ1n) is 11.7. The quantitative estimate of drug-likeness (QED) is 0.644. The Kier molecular flexibility index (Phi) is 7.67. The number of nitrogens with zero attached hydrogens (tertiary/aromatic N) is 3. The standard InChI is InChI=1S/C25H33N5O3/c1-2-33-23-10-8-22(9-11-23)30-19-20(18-24(30)31)27-25(32)26-12-13-28-14-16-29(17-15-28)21-6-4-3-5-7-21/h3-11,20H,2,12-19H2,1H3,(H2,26,27,32). The number of amides is 3. The number of anilines is 2. The van der Waals surface area contributed by atoms with E-state index < -0.39 is 0 Å². The Balaban J connectivity index is 1.15. The average molecular weight is 452 g/mol. The second-order valence-corrected chi connectivity index (χ2v) is 8.40. The van der Waals surface area contributed by atoms with E-state index >= 15 is 0 Å². The molecule has 8 heteroatoms. The van der Waals surface area contributed by atoms with Crippen LogP contribution in [0.2, 0.25) is 0 Å². The molecule has 0 aliphatic carbocycles. The maximum Gasteiger partial charge on any atom is 0.315 e. The average Bonchev–Trinajstić information content (AvgIpc) is 3.20. The van der Waals surface area contributed by atoms with E-state index in [1.54, 1.807) is 4.90 Å². The Morgan fingerprint density at radius 3 is 2.42 bits per heavy atom. The number of nitrogens with one attached hydrogen (secondary N) is 2. The van der Waals surface area contributed by atoms with Gasteiger partial charge in [-0.25, -0.2) is 4.79 Å². The van der Waals surface area contributed by atoms with E-state index in [0.717, 1.165) is 44.2 Å². The Morgan fingerprint density at radius 1 is 1.00 bits per heavy atom. The zero-order chi connectivity index (χ0) is 23.0. The van der Waals surface area contributed by atoms with E-state index in [0.29, 0.717) is 26.1 Å². The van der Waals surface area contributed by atoms with Crippen molar-refractivity contribution in [3.63, 3.8) is 0 Å². The fraction of sp³-hybridized carbons (Fsp3) is 0.440. The minimum Gasteiger partial charge on any atom is -0.494 e. The topological polar surface area (TPSA) is 77.2 Å². The van der Waals surface area contributed by atoms with Crippen molar-refractivity contribution in [3.8, 4) is 5.75 Å². The number of hydrogen-bond donors (Lipinski definition) is 2. The van der Waals surface area contributed by atoms with Crippen LogP contribution in [-0.2, 0) is 4.79 Å². The number of carbonyl (C=O) groups is 2. The number of benzene rings is 2. The van der Waals surface area contributed by atoms with E-state index in [1.165, 1.54) is 5.69 Å². The van der Waals surface area contributed by atoms with Gasteiger partial charge in [0.05, 0.1) is 12.6 Å². The minimum atomic E-state index is -0.218. The lowest BCUT2D eigenvalue weighted by atomic mass is 10.2. The van der Waals surface area contributed by atoms with Gasteiger partial charge in [0.25, 0.3) is 0 Å². The first-order chi connectivity index (χ1) is 16.1. The van der Waals surface area contributed by atoms with Crippen LogP contribution in [0.4, 0.5) is 16.2 Å². The molecule has 2 N–H and O–H groups in total. The highest BCUT2D eigenvalue weighted by Crippen LogP contribution is 2.24. The molecule has 0 saturated carbocycles. The molecule has 2 saturated heterocycles. The highest BCUT2D eigenvalue weighted by Gasteiger charge is 2.31. The van der Waals surface area contributed by atoms with Crippen molar-refractivity contribution < 1.29 is 14.3 Å². The summed E-state index contributed by atoms with van der Waals surface area (Å²) in [6.07, 6.45) is 0.308. The second-order valence-electron chi connectivity index (χ2n) is 8.40. The summed E-state index contributed by atoms with van der Waals surface area (Å²) in [6.45, 7) is 8.35. The van der Waals surface area contributed by atoms with Gasteiger partial charge < -0.3 is 25.2 Å². The molecule has 2 fully saturated rings. The van der Waals surface area contributed by atoms with Crippen molar-refractivity contribution in [1.29, 1.82) is 0 Å². The van der Waals surface area contributed by atoms with Crippen LogP contribution in [0.25, 0.3) is 0 Å². The van der Waals surface area contributed by atoms with Gasteiger partial charge >= 0.3 is 6.03 Å². The summed E-state index contributed by atoms with van der Waals surface area (Å²) in [4.78, 5) is 31.3. The third kappa shape index (κ3) is 6.16. The number of ether oxygens (including phenoxy) is 1. The number of piperazine rings is 1. The maximum atomic E-state index is 12.4. The zero-order valence-corrected chi connectivity index (χ0v) is 19.2. The molecule has 33 heavy (non-hydrogen) atoms. The molecular formula is C25H33N5O3. The van der Waals surface area contributed by atoms with Crippen LogP contribution in [0.15, 0.2) is 54.6 Å². The summed E-state index contributed by atoms with van der Waals surface area (Å²) < 4.78 is 5.46. The molecule has 2 aliphatic rings. The summed E-state index contributed by atoms with van der Waals surface area (Å²) in [5, 5.41) is 5.88. The number of hydrogen-bond acceptors (Lipinski definition) is 5. The molecule has 1 unspecified atom stereocenters. The van der Waals surface area contributed by atoms with Crippen LogP contribution >= 0.6 is 0 Å². The molecule has 2 aromatic carbocycles. The van der Waals surface area contributed by atoms with E-state index in [2.05, 4.69) is 44.7 Å². The van der Waals surface area contributed by atoms with E-state index in [-0.39, 0.29) is 18.0 Å². The largest absolute Gasteiger partial charge is 0.494 e. The lowest BCUT2D eigenvalue weighted by Crippen LogP contribution is -2.50. The Morgan fingerprint density at radius 2 is 1.73 bits per heavy atom. The molecule has 0 aromatic heterocycles. The number of para-hydroxylation sites is 1. The molecule has 3 amide bonds. The van der Waals surface area contributed by atoms with Crippen molar-refractivity contribution in [2.75, 3.05) is 62.2 Å². The predicted molar refractivity (Wildman–Crippen MR) is 130 cm³/mol. The maximum absolute atomic E-state index is 12.4. The molecule has 4 rings (SSSR count). The molecule has 2 heterocycles. The van der Waals surface area contributed by atoms with Crippen LogP contribution in [0.3, 0.4) is 0 Å². The van der Waals surface area contributed by atoms with Crippen LogP contribution in [0.5, 0.6) is 5.75 Å². The second kappa shape index (κ2) is 11.0. The van der Waals surface area contributed by atoms with Gasteiger partial charge in [-0.15, -0.1) is 0 Å². The van der Waals surface area contributed by atoms with Gasteiger partial charge in [-0.2, -0.15) is 0 Å². The van der Waals surface area contributed by atoms with Gasteiger partial charge in [-0.3, -0.25) is 9.69 Å². The van der Waals surface area contributed by atoms with Crippen molar-refractivity contribution in [3.05, 3.63) is 54.6 Å². The molecule has 1 atom stereocenters. The first-order valence-corrected chi connectivity index (χ1v) is 11.7. The predicted octanol–water partition coefficient (Wildman–Crippen LogP) is 2.31. The van der Waals surface area contributed by atoms with Gasteiger partial charge in [0, 0.05) is 63.6 Å². The van der Waals surface area contributed by atoms with Gasteiger partial charge in [0.1, 0.15) is 5.75 Å². The van der Waals surface area contributed by atoms with Crippen LogP contribution in [0, 0.1) is 0 Å². The highest BCUT2D eigenvalue weighted by atomic mass is 16.5. The fourth-order valence-corrected chi connectivity index (χ4v) is 4.38. The third-order valence-corrected chi connectivity index (χ3v) is 6.13. The lowest BCUT2D eigenvalue weighted by molar-refractivity contribution is -0.117. The van der Waals surface area contributed by atoms with Gasteiger partial charge in [0.15, 0.2) is 0 Å². The third-order valence-electron chi connectivity index (χ3n) is 6.13. The lowest BCUT2D eigenvalue weighted by Gasteiger charge is -2.36. The summed E-state index contributed by atoms with van der Waals surface area (Å²) in [5.41, 5.74) is 2.09. The van der Waals surface area contributed by atoms with Crippen molar-refractivity contribution in [2.24, 2.45) is 0 Å². The number of urea groups is 1. The molecule has 2 aliphatic heterocycles. The van der Waals surface area contributed by atoms with Crippen LogP contribution < -0.4 is 25.2 Å². The molecule has 0 radical (unpaired) electrons. The summed E-state index contributed by atoms with van der Waals surface area (Å²) >= 11 is 0. The normalized spacial score (nSPS) is 18.9. The summed E-state index contributed by atoms with van der Waals surface area (Å²) in [5.74, 6) is 0.796. The molecular weight excluding hydrogens is 418 g/mol. The Hall–Kier alpha value is -3.26. The summed E-state index contributed by atoms with van der Waals surface area (Å²) in [6, 6.07) is 17.5. The monoisotopic (exact) mass is 451 g/mol. The number of rotatable bonds is 8. The highest BCUT2D eigenvalue weighted by molar-refractivity contribution is 5.96. The smallest absolute Gasteiger partial charge is 0.315 e. The van der Waals surface area contributed by atoms with Crippen LogP contribution in [0.1, 0.15) is 13.3 Å². The minimum absolute atomic E-state index is 0.0146. The molecule has 0 spiro atoms. The van der Waals surface area contributed by atoms with E-state index in [1.807, 2.05) is 37.3 Å².